The summed E-state index contributed by atoms with van der Waals surface area (Å²) in [6, 6.07) is 5.93. The van der Waals surface area contributed by atoms with E-state index in [2.05, 4.69) is 15.3 Å². The van der Waals surface area contributed by atoms with Crippen molar-refractivity contribution in [1.82, 2.24) is 9.97 Å². The van der Waals surface area contributed by atoms with Crippen LogP contribution >= 0.6 is 0 Å². The molecule has 3 aromatic rings. The number of sulfone groups is 1. The van der Waals surface area contributed by atoms with E-state index in [0.29, 0.717) is 11.1 Å². The number of rotatable bonds is 4. The molecule has 31 heavy (non-hydrogen) atoms. The van der Waals surface area contributed by atoms with Crippen LogP contribution in [-0.4, -0.2) is 29.8 Å². The Bertz CT molecular complexity index is 1260. The molecule has 1 amide bonds. The van der Waals surface area contributed by atoms with Crippen molar-refractivity contribution < 1.29 is 30.8 Å². The number of anilines is 1. The normalized spacial score (nSPS) is 11.9. The molecule has 11 heteroatoms. The van der Waals surface area contributed by atoms with E-state index in [-0.39, 0.29) is 22.5 Å². The quantitative estimate of drug-likeness (QED) is 0.590. The maximum Gasteiger partial charge on any atom is 0.501 e. The van der Waals surface area contributed by atoms with Gasteiger partial charge in [-0.15, -0.1) is 0 Å². The molecule has 0 aliphatic rings. The van der Waals surface area contributed by atoms with Gasteiger partial charge in [-0.05, 0) is 49.2 Å². The predicted octanol–water partition coefficient (Wildman–Crippen LogP) is 4.45. The number of benzene rings is 1. The van der Waals surface area contributed by atoms with E-state index in [0.717, 1.165) is 18.3 Å². The third-order valence-electron chi connectivity index (χ3n) is 4.54. The standard InChI is InChI=1S/C20H15F4N3O3S/c1-11-3-5-14(31(29,30)20(22,23)24)7-15(11)13-4-6-18(26-8-13)27-19(28)16-9-25-10-17(21)12(16)2/h3-10H,1-2H3,(H,26,27,28). The van der Waals surface area contributed by atoms with Gasteiger partial charge in [0.2, 0.25) is 0 Å². The first kappa shape index (κ1) is 22.3. The molecule has 0 saturated heterocycles. The maximum absolute atomic E-state index is 13.6. The number of hydrogen-bond donors (Lipinski definition) is 1. The maximum atomic E-state index is 13.6. The second-order valence-corrected chi connectivity index (χ2v) is 8.55. The van der Waals surface area contributed by atoms with Crippen LogP contribution < -0.4 is 5.32 Å². The number of nitrogens with zero attached hydrogens (tertiary/aromatic N) is 2. The molecular weight excluding hydrogens is 438 g/mol. The summed E-state index contributed by atoms with van der Waals surface area (Å²) in [5, 5.41) is 2.47. The average Bonchev–Trinajstić information content (AvgIpc) is 2.70. The van der Waals surface area contributed by atoms with E-state index in [1.807, 2.05) is 0 Å². The van der Waals surface area contributed by atoms with E-state index in [9.17, 15) is 30.8 Å². The highest BCUT2D eigenvalue weighted by atomic mass is 32.2. The van der Waals surface area contributed by atoms with Crippen molar-refractivity contribution in [3.63, 3.8) is 0 Å². The number of nitrogens with one attached hydrogen (secondary N) is 1. The van der Waals surface area contributed by atoms with Crippen LogP contribution in [0.25, 0.3) is 11.1 Å². The molecule has 0 bridgehead atoms. The minimum absolute atomic E-state index is 0.0202. The van der Waals surface area contributed by atoms with Crippen LogP contribution in [0.2, 0.25) is 0 Å². The zero-order valence-electron chi connectivity index (χ0n) is 16.2. The molecule has 2 aromatic heterocycles. The Morgan fingerprint density at radius 2 is 1.74 bits per heavy atom. The van der Waals surface area contributed by atoms with E-state index in [4.69, 9.17) is 0 Å². The van der Waals surface area contributed by atoms with E-state index in [1.165, 1.54) is 37.5 Å². The van der Waals surface area contributed by atoms with Crippen LogP contribution in [-0.2, 0) is 9.84 Å². The zero-order valence-corrected chi connectivity index (χ0v) is 17.0. The number of amides is 1. The lowest BCUT2D eigenvalue weighted by Crippen LogP contribution is -2.23. The lowest BCUT2D eigenvalue weighted by atomic mass is 10.0. The van der Waals surface area contributed by atoms with Crippen molar-refractivity contribution in [2.75, 3.05) is 5.32 Å². The molecule has 0 radical (unpaired) electrons. The lowest BCUT2D eigenvalue weighted by molar-refractivity contribution is -0.0436. The van der Waals surface area contributed by atoms with Gasteiger partial charge in [0.1, 0.15) is 11.6 Å². The van der Waals surface area contributed by atoms with Gasteiger partial charge in [-0.1, -0.05) is 6.07 Å². The second-order valence-electron chi connectivity index (χ2n) is 6.61. The topological polar surface area (TPSA) is 89.0 Å². The monoisotopic (exact) mass is 453 g/mol. The van der Waals surface area contributed by atoms with Gasteiger partial charge < -0.3 is 5.32 Å². The molecule has 1 N–H and O–H groups in total. The molecule has 3 rings (SSSR count). The van der Waals surface area contributed by atoms with E-state index in [1.54, 1.807) is 6.92 Å². The molecule has 0 aliphatic carbocycles. The van der Waals surface area contributed by atoms with Gasteiger partial charge >= 0.3 is 5.51 Å². The number of carbonyl (C=O) groups is 1. The summed E-state index contributed by atoms with van der Waals surface area (Å²) in [6.07, 6.45) is 3.46. The molecule has 0 spiro atoms. The molecule has 1 aromatic carbocycles. The third kappa shape index (κ3) is 4.41. The van der Waals surface area contributed by atoms with Gasteiger partial charge in [-0.2, -0.15) is 13.2 Å². The molecule has 0 unspecified atom stereocenters. The van der Waals surface area contributed by atoms with Crippen molar-refractivity contribution in [3.8, 4) is 11.1 Å². The van der Waals surface area contributed by atoms with Crippen LogP contribution in [0.3, 0.4) is 0 Å². The number of alkyl halides is 3. The predicted molar refractivity (Wildman–Crippen MR) is 105 cm³/mol. The fraction of sp³-hybridized carbons (Fsp3) is 0.150. The summed E-state index contributed by atoms with van der Waals surface area (Å²) in [7, 11) is -5.50. The van der Waals surface area contributed by atoms with E-state index >= 15 is 0 Å². The van der Waals surface area contributed by atoms with Crippen LogP contribution in [0.5, 0.6) is 0 Å². The Balaban J connectivity index is 1.89. The van der Waals surface area contributed by atoms with Crippen molar-refractivity contribution in [2.24, 2.45) is 0 Å². The van der Waals surface area contributed by atoms with Crippen LogP contribution in [0.4, 0.5) is 23.4 Å². The van der Waals surface area contributed by atoms with Gasteiger partial charge in [0, 0.05) is 23.5 Å². The number of pyridine rings is 2. The molecular formula is C20H15F4N3O3S. The first-order valence-electron chi connectivity index (χ1n) is 8.71. The molecule has 2 heterocycles. The highest BCUT2D eigenvalue weighted by Gasteiger charge is 2.47. The Morgan fingerprint density at radius 3 is 2.35 bits per heavy atom. The fourth-order valence-electron chi connectivity index (χ4n) is 2.75. The smallest absolute Gasteiger partial charge is 0.307 e. The second kappa shape index (κ2) is 8.06. The number of halogens is 4. The number of aryl methyl sites for hydroxylation is 1. The Morgan fingerprint density at radius 1 is 1.03 bits per heavy atom. The number of aromatic nitrogens is 2. The van der Waals surface area contributed by atoms with E-state index < -0.39 is 32.0 Å². The Kier molecular flexibility index (Phi) is 5.81. The molecule has 0 saturated carbocycles. The fourth-order valence-corrected chi connectivity index (χ4v) is 3.54. The van der Waals surface area contributed by atoms with Gasteiger partial charge in [0.05, 0.1) is 16.7 Å². The van der Waals surface area contributed by atoms with Crippen molar-refractivity contribution >= 4 is 21.6 Å². The summed E-state index contributed by atoms with van der Waals surface area (Å²) in [6.45, 7) is 3.03. The first-order chi connectivity index (χ1) is 14.4. The van der Waals surface area contributed by atoms with Crippen molar-refractivity contribution in [1.29, 1.82) is 0 Å². The minimum Gasteiger partial charge on any atom is -0.307 e. The number of carbonyl (C=O) groups excluding carboxylic acids is 1. The highest BCUT2D eigenvalue weighted by molar-refractivity contribution is 7.92. The minimum atomic E-state index is -5.50. The van der Waals surface area contributed by atoms with Crippen molar-refractivity contribution in [3.05, 3.63) is 71.4 Å². The lowest BCUT2D eigenvalue weighted by Gasteiger charge is -2.12. The Hall–Kier alpha value is -3.34. The molecule has 0 fully saturated rings. The molecule has 162 valence electrons. The first-order valence-corrected chi connectivity index (χ1v) is 10.2. The summed E-state index contributed by atoms with van der Waals surface area (Å²) in [5.74, 6) is -1.17. The zero-order chi connectivity index (χ0) is 23.0. The van der Waals surface area contributed by atoms with Gasteiger partial charge in [-0.25, -0.2) is 17.8 Å². The van der Waals surface area contributed by atoms with Gasteiger partial charge in [-0.3, -0.25) is 9.78 Å². The average molecular weight is 453 g/mol. The summed E-state index contributed by atoms with van der Waals surface area (Å²) in [4.78, 5) is 19.1. The SMILES string of the molecule is Cc1ccc(S(=O)(=O)C(F)(F)F)cc1-c1ccc(NC(=O)c2cncc(F)c2C)nc1. The highest BCUT2D eigenvalue weighted by Crippen LogP contribution is 2.33. The number of hydrogen-bond acceptors (Lipinski definition) is 5. The van der Waals surface area contributed by atoms with Gasteiger partial charge in [0.25, 0.3) is 15.7 Å². The summed E-state index contributed by atoms with van der Waals surface area (Å²) < 4.78 is 75.5. The summed E-state index contributed by atoms with van der Waals surface area (Å²) in [5.41, 5.74) is -4.18. The third-order valence-corrected chi connectivity index (χ3v) is 6.02. The van der Waals surface area contributed by atoms with Crippen LogP contribution in [0, 0.1) is 19.7 Å². The largest absolute Gasteiger partial charge is 0.501 e. The molecule has 0 aliphatic heterocycles. The van der Waals surface area contributed by atoms with Gasteiger partial charge in [0.15, 0.2) is 0 Å². The Labute approximate surface area is 174 Å². The van der Waals surface area contributed by atoms with Crippen LogP contribution in [0.1, 0.15) is 21.5 Å². The van der Waals surface area contributed by atoms with Crippen LogP contribution in [0.15, 0.2) is 53.8 Å². The molecule has 6 nitrogen and oxygen atoms in total. The molecule has 0 atom stereocenters. The van der Waals surface area contributed by atoms with Crippen molar-refractivity contribution in [2.45, 2.75) is 24.3 Å². The summed E-state index contributed by atoms with van der Waals surface area (Å²) >= 11 is 0.